The fraction of sp³-hybridized carbons (Fsp3) is 0.364. The van der Waals surface area contributed by atoms with Crippen LogP contribution >= 0.6 is 23.1 Å². The van der Waals surface area contributed by atoms with Crippen molar-refractivity contribution in [2.75, 3.05) is 12.8 Å². The fourth-order valence-corrected chi connectivity index (χ4v) is 3.00. The fourth-order valence-electron chi connectivity index (χ4n) is 1.44. The summed E-state index contributed by atoms with van der Waals surface area (Å²) >= 11 is 3.56. The minimum absolute atomic E-state index is 0.742. The van der Waals surface area contributed by atoms with Crippen LogP contribution in [-0.4, -0.2) is 17.8 Å². The summed E-state index contributed by atoms with van der Waals surface area (Å²) < 4.78 is 1.29. The highest BCUT2D eigenvalue weighted by molar-refractivity contribution is 7.98. The zero-order valence-electron chi connectivity index (χ0n) is 8.69. The topological polar surface area (TPSA) is 38.9 Å². The van der Waals surface area contributed by atoms with Gasteiger partial charge in [0.1, 0.15) is 0 Å². The highest BCUT2D eigenvalue weighted by atomic mass is 32.2. The molecule has 1 heterocycles. The largest absolute Gasteiger partial charge is 0.330 e. The minimum atomic E-state index is 0.742. The number of rotatable bonds is 4. The predicted molar refractivity (Wildman–Crippen MR) is 68.8 cm³/mol. The van der Waals surface area contributed by atoms with Gasteiger partial charge in [-0.2, -0.15) is 0 Å². The SMILES string of the molecule is CSc1ccc2nc(CCCN)sc2c1. The first-order valence-corrected chi connectivity index (χ1v) is 7.01. The number of hydrogen-bond donors (Lipinski definition) is 1. The molecule has 0 aliphatic heterocycles. The van der Waals surface area contributed by atoms with Gasteiger partial charge in [0.05, 0.1) is 15.2 Å². The van der Waals surface area contributed by atoms with E-state index in [9.17, 15) is 0 Å². The first kappa shape index (κ1) is 10.9. The lowest BCUT2D eigenvalue weighted by molar-refractivity contribution is 0.828. The van der Waals surface area contributed by atoms with Crippen LogP contribution in [0.2, 0.25) is 0 Å². The van der Waals surface area contributed by atoms with Gasteiger partial charge in [-0.25, -0.2) is 4.98 Å². The molecule has 0 saturated carbocycles. The van der Waals surface area contributed by atoms with E-state index in [2.05, 4.69) is 29.4 Å². The first-order valence-electron chi connectivity index (χ1n) is 4.97. The van der Waals surface area contributed by atoms with E-state index in [0.717, 1.165) is 24.9 Å². The molecular weight excluding hydrogens is 224 g/mol. The molecule has 4 heteroatoms. The third-order valence-electron chi connectivity index (χ3n) is 2.23. The highest BCUT2D eigenvalue weighted by Crippen LogP contribution is 2.27. The Bertz CT molecular complexity index is 451. The van der Waals surface area contributed by atoms with Gasteiger partial charge in [0, 0.05) is 11.3 Å². The molecule has 0 aliphatic rings. The molecule has 80 valence electrons. The molecule has 1 aromatic carbocycles. The van der Waals surface area contributed by atoms with E-state index in [1.165, 1.54) is 14.6 Å². The average molecular weight is 238 g/mol. The monoisotopic (exact) mass is 238 g/mol. The van der Waals surface area contributed by atoms with Gasteiger partial charge in [-0.1, -0.05) is 0 Å². The zero-order chi connectivity index (χ0) is 10.7. The van der Waals surface area contributed by atoms with Crippen LogP contribution in [0.3, 0.4) is 0 Å². The van der Waals surface area contributed by atoms with Gasteiger partial charge in [0.2, 0.25) is 0 Å². The number of benzene rings is 1. The van der Waals surface area contributed by atoms with Gasteiger partial charge in [-0.05, 0) is 37.4 Å². The number of thioether (sulfide) groups is 1. The molecule has 0 unspecified atom stereocenters. The number of nitrogens with two attached hydrogens (primary N) is 1. The molecule has 1 aromatic heterocycles. The van der Waals surface area contributed by atoms with Crippen LogP contribution in [-0.2, 0) is 6.42 Å². The Hall–Kier alpha value is -0.580. The summed E-state index contributed by atoms with van der Waals surface area (Å²) in [6, 6.07) is 6.44. The van der Waals surface area contributed by atoms with Crippen molar-refractivity contribution in [3.63, 3.8) is 0 Å². The van der Waals surface area contributed by atoms with Crippen molar-refractivity contribution < 1.29 is 0 Å². The van der Waals surface area contributed by atoms with Crippen LogP contribution in [0.25, 0.3) is 10.2 Å². The summed E-state index contributed by atoms with van der Waals surface area (Å²) in [7, 11) is 0. The molecule has 0 amide bonds. The van der Waals surface area contributed by atoms with Crippen LogP contribution in [0, 0.1) is 0 Å². The molecule has 0 bridgehead atoms. The Morgan fingerprint density at radius 2 is 2.33 bits per heavy atom. The standard InChI is InChI=1S/C11H14N2S2/c1-14-8-4-5-9-10(7-8)15-11(13-9)3-2-6-12/h4-5,7H,2-3,6,12H2,1H3. The van der Waals surface area contributed by atoms with Crippen LogP contribution in [0.4, 0.5) is 0 Å². The normalized spacial score (nSPS) is 11.1. The number of thiazole rings is 1. The lowest BCUT2D eigenvalue weighted by Gasteiger charge is -1.93. The lowest BCUT2D eigenvalue weighted by Crippen LogP contribution is -1.99. The second-order valence-electron chi connectivity index (χ2n) is 3.33. The lowest BCUT2D eigenvalue weighted by atomic mass is 10.3. The first-order chi connectivity index (χ1) is 7.33. The molecule has 2 N–H and O–H groups in total. The van der Waals surface area contributed by atoms with Crippen molar-refractivity contribution in [3.8, 4) is 0 Å². The number of aryl methyl sites for hydroxylation is 1. The molecule has 2 nitrogen and oxygen atoms in total. The van der Waals surface area contributed by atoms with Crippen LogP contribution in [0.5, 0.6) is 0 Å². The summed E-state index contributed by atoms with van der Waals surface area (Å²) in [6.07, 6.45) is 4.12. The van der Waals surface area contributed by atoms with E-state index >= 15 is 0 Å². The van der Waals surface area contributed by atoms with Gasteiger partial charge in [0.15, 0.2) is 0 Å². The van der Waals surface area contributed by atoms with E-state index < -0.39 is 0 Å². The summed E-state index contributed by atoms with van der Waals surface area (Å²) in [6.45, 7) is 0.742. The van der Waals surface area contributed by atoms with Crippen molar-refractivity contribution in [1.29, 1.82) is 0 Å². The quantitative estimate of drug-likeness (QED) is 0.832. The van der Waals surface area contributed by atoms with Crippen molar-refractivity contribution in [2.24, 2.45) is 5.73 Å². The van der Waals surface area contributed by atoms with E-state index in [1.807, 2.05) is 0 Å². The molecule has 15 heavy (non-hydrogen) atoms. The number of aromatic nitrogens is 1. The molecule has 2 rings (SSSR count). The van der Waals surface area contributed by atoms with E-state index in [1.54, 1.807) is 23.1 Å². The predicted octanol–water partition coefficient (Wildman–Crippen LogP) is 2.91. The van der Waals surface area contributed by atoms with E-state index in [4.69, 9.17) is 5.73 Å². The molecule has 2 aromatic rings. The van der Waals surface area contributed by atoms with Crippen molar-refractivity contribution in [1.82, 2.24) is 4.98 Å². The Balaban J connectivity index is 2.29. The molecule has 0 saturated heterocycles. The van der Waals surface area contributed by atoms with Crippen LogP contribution < -0.4 is 5.73 Å². The van der Waals surface area contributed by atoms with Crippen molar-refractivity contribution >= 4 is 33.3 Å². The maximum atomic E-state index is 5.49. The van der Waals surface area contributed by atoms with Gasteiger partial charge in [-0.15, -0.1) is 23.1 Å². The van der Waals surface area contributed by atoms with Gasteiger partial charge < -0.3 is 5.73 Å². The summed E-state index contributed by atoms with van der Waals surface area (Å²) in [5.41, 5.74) is 6.61. The smallest absolute Gasteiger partial charge is 0.0939 e. The van der Waals surface area contributed by atoms with Crippen LogP contribution in [0.1, 0.15) is 11.4 Å². The number of fused-ring (bicyclic) bond motifs is 1. The highest BCUT2D eigenvalue weighted by Gasteiger charge is 2.03. The van der Waals surface area contributed by atoms with Gasteiger partial charge in [0.25, 0.3) is 0 Å². The summed E-state index contributed by atoms with van der Waals surface area (Å²) in [5, 5.41) is 1.20. The molecule has 0 radical (unpaired) electrons. The molecule has 0 fully saturated rings. The molecular formula is C11H14N2S2. The van der Waals surface area contributed by atoms with Gasteiger partial charge in [-0.3, -0.25) is 0 Å². The molecule has 0 aliphatic carbocycles. The van der Waals surface area contributed by atoms with Crippen molar-refractivity contribution in [3.05, 3.63) is 23.2 Å². The second kappa shape index (κ2) is 4.96. The van der Waals surface area contributed by atoms with Crippen molar-refractivity contribution in [2.45, 2.75) is 17.7 Å². The summed E-state index contributed by atoms with van der Waals surface area (Å²) in [5.74, 6) is 0. The maximum Gasteiger partial charge on any atom is 0.0939 e. The second-order valence-corrected chi connectivity index (χ2v) is 5.33. The van der Waals surface area contributed by atoms with E-state index in [-0.39, 0.29) is 0 Å². The maximum absolute atomic E-state index is 5.49. The number of hydrogen-bond acceptors (Lipinski definition) is 4. The van der Waals surface area contributed by atoms with Gasteiger partial charge >= 0.3 is 0 Å². The average Bonchev–Trinajstić information content (AvgIpc) is 2.67. The summed E-state index contributed by atoms with van der Waals surface area (Å²) in [4.78, 5) is 5.88. The molecule has 0 spiro atoms. The Kier molecular flexibility index (Phi) is 3.61. The Morgan fingerprint density at radius 3 is 3.07 bits per heavy atom. The zero-order valence-corrected chi connectivity index (χ0v) is 10.3. The number of nitrogens with zero attached hydrogens (tertiary/aromatic N) is 1. The Morgan fingerprint density at radius 1 is 1.47 bits per heavy atom. The van der Waals surface area contributed by atoms with Crippen LogP contribution in [0.15, 0.2) is 23.1 Å². The van der Waals surface area contributed by atoms with E-state index in [0.29, 0.717) is 0 Å². The third-order valence-corrected chi connectivity index (χ3v) is 4.04. The minimum Gasteiger partial charge on any atom is -0.330 e. The Labute approximate surface area is 97.9 Å². The molecule has 0 atom stereocenters. The third kappa shape index (κ3) is 2.51.